The number of benzene rings is 1. The van der Waals surface area contributed by atoms with Gasteiger partial charge in [-0.25, -0.2) is 0 Å². The lowest BCUT2D eigenvalue weighted by molar-refractivity contribution is -0.118. The van der Waals surface area contributed by atoms with Gasteiger partial charge < -0.3 is 10.4 Å². The number of anilines is 1. The fourth-order valence-electron chi connectivity index (χ4n) is 3.08. The molecule has 134 valence electrons. The van der Waals surface area contributed by atoms with E-state index in [1.165, 1.54) is 25.0 Å². The molecule has 1 aliphatic carbocycles. The molecule has 5 heteroatoms. The molecule has 1 aromatic heterocycles. The Balaban J connectivity index is 1.90. The van der Waals surface area contributed by atoms with Gasteiger partial charge in [0.2, 0.25) is 5.91 Å². The number of phenolic OH excluding ortho intramolecular Hbond substituents is 1. The van der Waals surface area contributed by atoms with Crippen LogP contribution in [0.25, 0.3) is 11.3 Å². The number of nitrogens with zero attached hydrogens (tertiary/aromatic N) is 2. The molecule has 1 aromatic carbocycles. The van der Waals surface area contributed by atoms with E-state index in [1.54, 1.807) is 6.07 Å². The number of hydrogen-bond acceptors (Lipinski definition) is 3. The molecule has 3 rings (SSSR count). The van der Waals surface area contributed by atoms with Gasteiger partial charge in [0, 0.05) is 40.9 Å². The van der Waals surface area contributed by atoms with Gasteiger partial charge in [-0.15, -0.1) is 0 Å². The van der Waals surface area contributed by atoms with Gasteiger partial charge in [0.05, 0.1) is 5.69 Å². The first-order valence-electron chi connectivity index (χ1n) is 9.10. The number of carbonyl (C=O) groups is 1. The van der Waals surface area contributed by atoms with Gasteiger partial charge in [-0.2, -0.15) is 5.10 Å². The lowest BCUT2D eigenvalue weighted by Crippen LogP contribution is -2.17. The standard InChI is InChI=1S/C20H27N3O2/c1-12(2)20(25)21-15-8-9-16(19(24)10-15)17-11-18(14-6-5-7-14)23(22-17)13(3)4/h8-14,24H,5-7H2,1-4H3,(H,21,25). The molecule has 0 bridgehead atoms. The number of aromatic nitrogens is 2. The summed E-state index contributed by atoms with van der Waals surface area (Å²) in [7, 11) is 0. The third-order valence-corrected chi connectivity index (χ3v) is 4.84. The SMILES string of the molecule is CC(C)C(=O)Nc1ccc(-c2cc(C3CCC3)n(C(C)C)n2)c(O)c1. The van der Waals surface area contributed by atoms with E-state index in [1.807, 2.05) is 26.0 Å². The van der Waals surface area contributed by atoms with Crippen molar-refractivity contribution in [3.05, 3.63) is 30.0 Å². The quantitative estimate of drug-likeness (QED) is 0.828. The number of nitrogens with one attached hydrogen (secondary N) is 1. The molecule has 1 fully saturated rings. The number of rotatable bonds is 5. The Morgan fingerprint density at radius 1 is 1.24 bits per heavy atom. The number of amides is 1. The van der Waals surface area contributed by atoms with Crippen LogP contribution in [0.2, 0.25) is 0 Å². The van der Waals surface area contributed by atoms with Gasteiger partial charge in [0.1, 0.15) is 5.75 Å². The predicted molar refractivity (Wildman–Crippen MR) is 99.8 cm³/mol. The first-order valence-corrected chi connectivity index (χ1v) is 9.10. The first-order chi connectivity index (χ1) is 11.9. The third-order valence-electron chi connectivity index (χ3n) is 4.84. The Hall–Kier alpha value is -2.30. The molecular formula is C20H27N3O2. The second-order valence-electron chi connectivity index (χ2n) is 7.50. The van der Waals surface area contributed by atoms with Crippen molar-refractivity contribution < 1.29 is 9.90 Å². The highest BCUT2D eigenvalue weighted by Crippen LogP contribution is 2.40. The minimum atomic E-state index is -0.103. The second kappa shape index (κ2) is 6.90. The first kappa shape index (κ1) is 17.5. The summed E-state index contributed by atoms with van der Waals surface area (Å²) in [6, 6.07) is 7.62. The third kappa shape index (κ3) is 3.55. The molecule has 0 atom stereocenters. The van der Waals surface area contributed by atoms with E-state index in [0.717, 1.165) is 5.69 Å². The van der Waals surface area contributed by atoms with E-state index in [2.05, 4.69) is 29.9 Å². The summed E-state index contributed by atoms with van der Waals surface area (Å²) in [5, 5.41) is 18.0. The van der Waals surface area contributed by atoms with Gasteiger partial charge in [-0.3, -0.25) is 9.48 Å². The zero-order chi connectivity index (χ0) is 18.1. The van der Waals surface area contributed by atoms with Crippen LogP contribution in [-0.4, -0.2) is 20.8 Å². The van der Waals surface area contributed by atoms with Gasteiger partial charge >= 0.3 is 0 Å². The molecule has 2 N–H and O–H groups in total. The van der Waals surface area contributed by atoms with Gasteiger partial charge in [0.25, 0.3) is 0 Å². The smallest absolute Gasteiger partial charge is 0.226 e. The van der Waals surface area contributed by atoms with Gasteiger partial charge in [-0.05, 0) is 44.9 Å². The minimum absolute atomic E-state index is 0.0662. The lowest BCUT2D eigenvalue weighted by Gasteiger charge is -2.27. The van der Waals surface area contributed by atoms with Crippen LogP contribution in [0.3, 0.4) is 0 Å². The van der Waals surface area contributed by atoms with Crippen molar-refractivity contribution in [2.75, 3.05) is 5.32 Å². The van der Waals surface area contributed by atoms with Crippen LogP contribution >= 0.6 is 0 Å². The van der Waals surface area contributed by atoms with Gasteiger partial charge in [0.15, 0.2) is 0 Å². The molecule has 1 heterocycles. The Labute approximate surface area is 149 Å². The van der Waals surface area contributed by atoms with Crippen molar-refractivity contribution in [1.82, 2.24) is 9.78 Å². The maximum Gasteiger partial charge on any atom is 0.226 e. The largest absolute Gasteiger partial charge is 0.507 e. The average Bonchev–Trinajstić information content (AvgIpc) is 2.90. The summed E-state index contributed by atoms with van der Waals surface area (Å²) >= 11 is 0. The zero-order valence-corrected chi connectivity index (χ0v) is 15.4. The van der Waals surface area contributed by atoms with Crippen LogP contribution < -0.4 is 5.32 Å². The highest BCUT2D eigenvalue weighted by atomic mass is 16.3. The summed E-state index contributed by atoms with van der Waals surface area (Å²) in [6.45, 7) is 7.93. The van der Waals surface area contributed by atoms with E-state index < -0.39 is 0 Å². The molecule has 0 saturated heterocycles. The zero-order valence-electron chi connectivity index (χ0n) is 15.4. The van der Waals surface area contributed by atoms with Crippen molar-refractivity contribution in [3.63, 3.8) is 0 Å². The highest BCUT2D eigenvalue weighted by molar-refractivity contribution is 5.92. The molecule has 0 radical (unpaired) electrons. The Morgan fingerprint density at radius 2 is 1.96 bits per heavy atom. The van der Waals surface area contributed by atoms with Crippen molar-refractivity contribution in [3.8, 4) is 17.0 Å². The van der Waals surface area contributed by atoms with Crippen LogP contribution in [0.5, 0.6) is 5.75 Å². The van der Waals surface area contributed by atoms with Crippen molar-refractivity contribution in [2.45, 2.75) is 58.9 Å². The Bertz CT molecular complexity index is 773. The molecule has 1 saturated carbocycles. The molecule has 1 amide bonds. The van der Waals surface area contributed by atoms with E-state index in [4.69, 9.17) is 5.10 Å². The monoisotopic (exact) mass is 341 g/mol. The van der Waals surface area contributed by atoms with Crippen LogP contribution in [0, 0.1) is 5.92 Å². The van der Waals surface area contributed by atoms with Crippen molar-refractivity contribution in [1.29, 1.82) is 0 Å². The normalized spacial score (nSPS) is 14.8. The summed E-state index contributed by atoms with van der Waals surface area (Å²) in [4.78, 5) is 11.8. The number of phenols is 1. The number of hydrogen-bond donors (Lipinski definition) is 2. The molecule has 2 aromatic rings. The minimum Gasteiger partial charge on any atom is -0.507 e. The molecule has 1 aliphatic rings. The fraction of sp³-hybridized carbons (Fsp3) is 0.500. The molecular weight excluding hydrogens is 314 g/mol. The van der Waals surface area contributed by atoms with E-state index in [-0.39, 0.29) is 23.6 Å². The van der Waals surface area contributed by atoms with Crippen LogP contribution in [0.4, 0.5) is 5.69 Å². The maximum absolute atomic E-state index is 11.8. The Morgan fingerprint density at radius 3 is 2.48 bits per heavy atom. The van der Waals surface area contributed by atoms with E-state index in [9.17, 15) is 9.90 Å². The molecule has 0 aliphatic heterocycles. The molecule has 5 nitrogen and oxygen atoms in total. The summed E-state index contributed by atoms with van der Waals surface area (Å²) in [5.41, 5.74) is 3.34. The van der Waals surface area contributed by atoms with Crippen LogP contribution in [0.1, 0.15) is 64.6 Å². The summed E-state index contributed by atoms with van der Waals surface area (Å²) < 4.78 is 2.08. The van der Waals surface area contributed by atoms with E-state index >= 15 is 0 Å². The Kier molecular flexibility index (Phi) is 4.84. The average molecular weight is 341 g/mol. The number of carbonyl (C=O) groups excluding carboxylic acids is 1. The topological polar surface area (TPSA) is 67.2 Å². The van der Waals surface area contributed by atoms with Crippen molar-refractivity contribution in [2.24, 2.45) is 5.92 Å². The highest BCUT2D eigenvalue weighted by Gasteiger charge is 2.26. The molecule has 0 unspecified atom stereocenters. The molecule has 0 spiro atoms. The van der Waals surface area contributed by atoms with E-state index in [0.29, 0.717) is 17.2 Å². The predicted octanol–water partition coefficient (Wildman–Crippen LogP) is 4.70. The fourth-order valence-corrected chi connectivity index (χ4v) is 3.08. The maximum atomic E-state index is 11.8. The van der Waals surface area contributed by atoms with Crippen molar-refractivity contribution >= 4 is 11.6 Å². The summed E-state index contributed by atoms with van der Waals surface area (Å²) in [5.74, 6) is 0.544. The second-order valence-corrected chi connectivity index (χ2v) is 7.50. The molecule has 25 heavy (non-hydrogen) atoms. The number of aromatic hydroxyl groups is 1. The van der Waals surface area contributed by atoms with Gasteiger partial charge in [-0.1, -0.05) is 20.3 Å². The summed E-state index contributed by atoms with van der Waals surface area (Å²) in [6.07, 6.45) is 3.70. The lowest BCUT2D eigenvalue weighted by atomic mass is 9.82. The van der Waals surface area contributed by atoms with Crippen LogP contribution in [0.15, 0.2) is 24.3 Å². The van der Waals surface area contributed by atoms with Crippen LogP contribution in [-0.2, 0) is 4.79 Å².